The first-order valence-corrected chi connectivity index (χ1v) is 12.0. The van der Waals surface area contributed by atoms with Crippen LogP contribution in [0.5, 0.6) is 5.75 Å². The summed E-state index contributed by atoms with van der Waals surface area (Å²) >= 11 is 0. The maximum Gasteiger partial charge on any atom is 0.225 e. The molecule has 1 amide bonds. The maximum atomic E-state index is 13.0. The van der Waals surface area contributed by atoms with E-state index in [1.807, 2.05) is 56.3 Å². The quantitative estimate of drug-likeness (QED) is 0.328. The molecule has 0 saturated carbocycles. The summed E-state index contributed by atoms with van der Waals surface area (Å²) in [6.07, 6.45) is 1.04. The van der Waals surface area contributed by atoms with Crippen molar-refractivity contribution < 1.29 is 14.1 Å². The van der Waals surface area contributed by atoms with Gasteiger partial charge in [0.2, 0.25) is 5.91 Å². The third kappa shape index (κ3) is 6.18. The van der Waals surface area contributed by atoms with Gasteiger partial charge in [0.15, 0.2) is 0 Å². The number of nitrogens with zero attached hydrogens (tertiary/aromatic N) is 1. The number of hydrogen-bond donors (Lipinski definition) is 1. The van der Waals surface area contributed by atoms with E-state index < -0.39 is 0 Å². The number of carbonyl (C=O) groups is 1. The number of hydrogen-bond acceptors (Lipinski definition) is 4. The Balaban J connectivity index is 1.38. The second-order valence-corrected chi connectivity index (χ2v) is 8.99. The molecular formula is C30H32N2O3. The molecule has 1 heterocycles. The topological polar surface area (TPSA) is 64.4 Å². The monoisotopic (exact) mass is 468 g/mol. The summed E-state index contributed by atoms with van der Waals surface area (Å²) in [5, 5.41) is 7.23. The standard InChI is InChI=1S/C30H32N2O3/c1-20-10-15-27(21(2)18-20)30(25-8-6-5-7-9-25)31-29(33)19-24-11-13-26(14-12-24)34-17-16-28-22(3)32-35-23(28)4/h5-15,18,30H,16-17,19H2,1-4H3,(H,31,33). The van der Waals surface area contributed by atoms with Crippen molar-refractivity contribution in [2.75, 3.05) is 6.61 Å². The molecule has 3 aromatic carbocycles. The molecule has 1 N–H and O–H groups in total. The number of ether oxygens (including phenoxy) is 1. The lowest BCUT2D eigenvalue weighted by atomic mass is 9.93. The first-order chi connectivity index (χ1) is 16.9. The van der Waals surface area contributed by atoms with E-state index in [9.17, 15) is 4.79 Å². The van der Waals surface area contributed by atoms with Gasteiger partial charge in [-0.05, 0) is 62.1 Å². The molecule has 4 aromatic rings. The van der Waals surface area contributed by atoms with Gasteiger partial charge in [-0.1, -0.05) is 71.4 Å². The van der Waals surface area contributed by atoms with E-state index in [1.54, 1.807) is 0 Å². The van der Waals surface area contributed by atoms with Crippen molar-refractivity contribution in [3.05, 3.63) is 118 Å². The van der Waals surface area contributed by atoms with Gasteiger partial charge in [0.25, 0.3) is 0 Å². The molecular weight excluding hydrogens is 436 g/mol. The number of carbonyl (C=O) groups excluding carboxylic acids is 1. The Morgan fingerprint density at radius 1 is 0.971 bits per heavy atom. The van der Waals surface area contributed by atoms with Crippen LogP contribution in [0.1, 0.15) is 50.9 Å². The second-order valence-electron chi connectivity index (χ2n) is 8.99. The minimum Gasteiger partial charge on any atom is -0.493 e. The normalized spacial score (nSPS) is 11.8. The van der Waals surface area contributed by atoms with E-state index in [1.165, 1.54) is 5.56 Å². The molecule has 180 valence electrons. The van der Waals surface area contributed by atoms with E-state index in [-0.39, 0.29) is 11.9 Å². The Bertz CT molecular complexity index is 1260. The van der Waals surface area contributed by atoms with Crippen molar-refractivity contribution in [3.8, 4) is 5.75 Å². The molecule has 0 fully saturated rings. The summed E-state index contributed by atoms with van der Waals surface area (Å²) in [6, 6.07) is 24.0. The van der Waals surface area contributed by atoms with E-state index >= 15 is 0 Å². The summed E-state index contributed by atoms with van der Waals surface area (Å²) < 4.78 is 11.1. The Hall–Kier alpha value is -3.86. The lowest BCUT2D eigenvalue weighted by Crippen LogP contribution is -2.31. The molecule has 4 rings (SSSR count). The van der Waals surface area contributed by atoms with Crippen molar-refractivity contribution in [1.82, 2.24) is 10.5 Å². The van der Waals surface area contributed by atoms with Gasteiger partial charge in [-0.25, -0.2) is 0 Å². The first kappa shape index (κ1) is 24.3. The average molecular weight is 469 g/mol. The zero-order chi connectivity index (χ0) is 24.8. The summed E-state index contributed by atoms with van der Waals surface area (Å²) in [7, 11) is 0. The largest absolute Gasteiger partial charge is 0.493 e. The SMILES string of the molecule is Cc1ccc(C(NC(=O)Cc2ccc(OCCc3c(C)noc3C)cc2)c2ccccc2)c(C)c1. The van der Waals surface area contributed by atoms with Gasteiger partial charge >= 0.3 is 0 Å². The lowest BCUT2D eigenvalue weighted by molar-refractivity contribution is -0.120. The van der Waals surface area contributed by atoms with Crippen LogP contribution in [0.2, 0.25) is 0 Å². The minimum absolute atomic E-state index is 0.0223. The van der Waals surface area contributed by atoms with Crippen LogP contribution in [0.4, 0.5) is 0 Å². The van der Waals surface area contributed by atoms with Crippen LogP contribution in [-0.2, 0) is 17.6 Å². The van der Waals surface area contributed by atoms with Crippen LogP contribution in [0.25, 0.3) is 0 Å². The molecule has 0 spiro atoms. The number of rotatable bonds is 9. The van der Waals surface area contributed by atoms with Crippen molar-refractivity contribution >= 4 is 5.91 Å². The number of amides is 1. The van der Waals surface area contributed by atoms with Gasteiger partial charge in [0.05, 0.1) is 24.8 Å². The van der Waals surface area contributed by atoms with Crippen LogP contribution in [0, 0.1) is 27.7 Å². The Morgan fingerprint density at radius 2 is 1.71 bits per heavy atom. The number of nitrogens with one attached hydrogen (secondary N) is 1. The van der Waals surface area contributed by atoms with Gasteiger partial charge < -0.3 is 14.6 Å². The summed E-state index contributed by atoms with van der Waals surface area (Å²) in [4.78, 5) is 13.0. The van der Waals surface area contributed by atoms with Crippen molar-refractivity contribution in [1.29, 1.82) is 0 Å². The van der Waals surface area contributed by atoms with E-state index in [0.29, 0.717) is 13.0 Å². The molecule has 0 radical (unpaired) electrons. The lowest BCUT2D eigenvalue weighted by Gasteiger charge is -2.22. The maximum absolute atomic E-state index is 13.0. The smallest absolute Gasteiger partial charge is 0.225 e. The van der Waals surface area contributed by atoms with Crippen LogP contribution in [0.15, 0.2) is 77.3 Å². The highest BCUT2D eigenvalue weighted by molar-refractivity contribution is 5.79. The third-order valence-electron chi connectivity index (χ3n) is 6.26. The fourth-order valence-electron chi connectivity index (χ4n) is 4.37. The van der Waals surface area contributed by atoms with Gasteiger partial charge in [-0.15, -0.1) is 0 Å². The molecule has 1 atom stereocenters. The minimum atomic E-state index is -0.198. The Morgan fingerprint density at radius 3 is 2.37 bits per heavy atom. The second kappa shape index (κ2) is 11.0. The number of benzene rings is 3. The van der Waals surface area contributed by atoms with Crippen molar-refractivity contribution in [2.24, 2.45) is 0 Å². The third-order valence-corrected chi connectivity index (χ3v) is 6.26. The number of aryl methyl sites for hydroxylation is 4. The highest BCUT2D eigenvalue weighted by Gasteiger charge is 2.19. The molecule has 5 heteroatoms. The zero-order valence-corrected chi connectivity index (χ0v) is 20.8. The fraction of sp³-hybridized carbons (Fsp3) is 0.267. The molecule has 0 aliphatic rings. The predicted octanol–water partition coefficient (Wildman–Crippen LogP) is 5.98. The van der Waals surface area contributed by atoms with E-state index in [4.69, 9.17) is 9.26 Å². The highest BCUT2D eigenvalue weighted by atomic mass is 16.5. The molecule has 5 nitrogen and oxygen atoms in total. The summed E-state index contributed by atoms with van der Waals surface area (Å²) in [5.41, 5.74) is 7.48. The molecule has 0 bridgehead atoms. The van der Waals surface area contributed by atoms with E-state index in [0.717, 1.165) is 51.4 Å². The van der Waals surface area contributed by atoms with Gasteiger partial charge in [-0.3, -0.25) is 4.79 Å². The fourth-order valence-corrected chi connectivity index (χ4v) is 4.37. The predicted molar refractivity (Wildman–Crippen MR) is 138 cm³/mol. The van der Waals surface area contributed by atoms with Crippen LogP contribution >= 0.6 is 0 Å². The van der Waals surface area contributed by atoms with E-state index in [2.05, 4.69) is 54.7 Å². The summed E-state index contributed by atoms with van der Waals surface area (Å²) in [6.45, 7) is 8.56. The summed E-state index contributed by atoms with van der Waals surface area (Å²) in [5.74, 6) is 1.59. The van der Waals surface area contributed by atoms with Gasteiger partial charge in [-0.2, -0.15) is 0 Å². The van der Waals surface area contributed by atoms with Crippen LogP contribution in [-0.4, -0.2) is 17.7 Å². The van der Waals surface area contributed by atoms with Gasteiger partial charge in [0, 0.05) is 12.0 Å². The molecule has 0 saturated heterocycles. The van der Waals surface area contributed by atoms with Crippen LogP contribution in [0.3, 0.4) is 0 Å². The molecule has 0 aliphatic heterocycles. The van der Waals surface area contributed by atoms with Crippen LogP contribution < -0.4 is 10.1 Å². The molecule has 1 aromatic heterocycles. The molecule has 0 aliphatic carbocycles. The van der Waals surface area contributed by atoms with Crippen molar-refractivity contribution in [2.45, 2.75) is 46.6 Å². The Kier molecular flexibility index (Phi) is 7.66. The highest BCUT2D eigenvalue weighted by Crippen LogP contribution is 2.26. The molecule has 1 unspecified atom stereocenters. The number of aromatic nitrogens is 1. The Labute approximate surface area is 207 Å². The average Bonchev–Trinajstić information content (AvgIpc) is 3.17. The van der Waals surface area contributed by atoms with Crippen molar-refractivity contribution in [3.63, 3.8) is 0 Å². The zero-order valence-electron chi connectivity index (χ0n) is 20.8. The molecule has 35 heavy (non-hydrogen) atoms. The van der Waals surface area contributed by atoms with Gasteiger partial charge in [0.1, 0.15) is 11.5 Å². The first-order valence-electron chi connectivity index (χ1n) is 12.0.